The Hall–Kier alpha value is -1.11. The maximum atomic E-state index is 13.2. The summed E-state index contributed by atoms with van der Waals surface area (Å²) < 4.78 is 0. The van der Waals surface area contributed by atoms with Crippen LogP contribution in [0.3, 0.4) is 0 Å². The van der Waals surface area contributed by atoms with Crippen LogP contribution < -0.4 is 0 Å². The number of rotatable bonds is 2. The number of fused-ring (bicyclic) bond motifs is 11. The van der Waals surface area contributed by atoms with Gasteiger partial charge in [-0.25, -0.2) is 0 Å². The first-order valence-electron chi connectivity index (χ1n) is 7.79. The van der Waals surface area contributed by atoms with E-state index in [-0.39, 0.29) is 5.41 Å². The average Bonchev–Trinajstić information content (AvgIpc) is 3.15. The smallest absolute Gasteiger partial charge is 0.144 e. The molecule has 0 N–H and O–H groups in total. The Morgan fingerprint density at radius 3 is 2.79 bits per heavy atom. The number of ketones is 1. The molecule has 98 valence electrons. The van der Waals surface area contributed by atoms with Crippen LogP contribution in [0.5, 0.6) is 0 Å². The van der Waals surface area contributed by atoms with E-state index < -0.39 is 0 Å². The molecule has 0 aromatic rings. The summed E-state index contributed by atoms with van der Waals surface area (Å²) in [6, 6.07) is 0. The highest BCUT2D eigenvalue weighted by atomic mass is 16.1. The molecule has 5 rings (SSSR count). The molecule has 3 saturated carbocycles. The first kappa shape index (κ1) is 10.7. The van der Waals surface area contributed by atoms with Crippen LogP contribution in [-0.2, 0) is 4.79 Å². The molecule has 4 bridgehead atoms. The van der Waals surface area contributed by atoms with E-state index >= 15 is 0 Å². The lowest BCUT2D eigenvalue weighted by atomic mass is 9.65. The molecule has 1 nitrogen and oxygen atoms in total. The van der Waals surface area contributed by atoms with Crippen molar-refractivity contribution >= 4 is 5.78 Å². The summed E-state index contributed by atoms with van der Waals surface area (Å²) in [7, 11) is 0. The fourth-order valence-corrected chi connectivity index (χ4v) is 6.64. The summed E-state index contributed by atoms with van der Waals surface area (Å²) in [4.78, 5) is 13.2. The van der Waals surface area contributed by atoms with Gasteiger partial charge in [-0.1, -0.05) is 30.4 Å². The average molecular weight is 252 g/mol. The lowest BCUT2D eigenvalue weighted by molar-refractivity contribution is -0.131. The van der Waals surface area contributed by atoms with Crippen molar-refractivity contribution in [2.45, 2.75) is 19.3 Å². The molecule has 0 aromatic heterocycles. The quantitative estimate of drug-likeness (QED) is 0.688. The van der Waals surface area contributed by atoms with Crippen molar-refractivity contribution in [1.29, 1.82) is 0 Å². The van der Waals surface area contributed by atoms with Gasteiger partial charge in [-0.2, -0.15) is 0 Å². The van der Waals surface area contributed by atoms with Gasteiger partial charge in [-0.3, -0.25) is 4.79 Å². The highest BCUT2D eigenvalue weighted by molar-refractivity contribution is 5.93. The molecule has 8 atom stereocenters. The lowest BCUT2D eigenvalue weighted by Gasteiger charge is -2.37. The molecule has 0 unspecified atom stereocenters. The van der Waals surface area contributed by atoms with Crippen molar-refractivity contribution in [1.82, 2.24) is 0 Å². The number of Topliss-reactive ketones (excluding diaryl/α,β-unsaturated/α-hetero) is 1. The minimum Gasteiger partial charge on any atom is -0.299 e. The van der Waals surface area contributed by atoms with Crippen molar-refractivity contribution in [2.75, 3.05) is 0 Å². The third-order valence-corrected chi connectivity index (χ3v) is 7.01. The maximum absolute atomic E-state index is 13.2. The Bertz CT molecular complexity index is 542. The Morgan fingerprint density at radius 1 is 1.16 bits per heavy atom. The van der Waals surface area contributed by atoms with E-state index in [1.807, 2.05) is 6.08 Å². The topological polar surface area (TPSA) is 17.1 Å². The van der Waals surface area contributed by atoms with Gasteiger partial charge in [0.05, 0.1) is 0 Å². The zero-order chi connectivity index (χ0) is 12.8. The fraction of sp³-hybridized carbons (Fsp3) is 0.611. The van der Waals surface area contributed by atoms with E-state index in [0.29, 0.717) is 47.2 Å². The standard InChI is InChI=1S/C18H20O/c1-2-7-18-13-6-5-12(9-13)16(18)14-10-3-4-11(8-10)15(14)17(18)19/h2-6,10-16H,1,7-9H2/t10-,11+,12-,13+,14+,15-,16-,18-/m0/s1. The number of hydrogen-bond donors (Lipinski definition) is 0. The third-order valence-electron chi connectivity index (χ3n) is 7.01. The van der Waals surface area contributed by atoms with Crippen LogP contribution in [0, 0.1) is 46.8 Å². The summed E-state index contributed by atoms with van der Waals surface area (Å²) in [5.41, 5.74) is -0.0561. The van der Waals surface area contributed by atoms with Crippen molar-refractivity contribution in [3.05, 3.63) is 37.0 Å². The molecule has 0 heterocycles. The molecule has 5 aliphatic rings. The first-order valence-corrected chi connectivity index (χ1v) is 7.79. The minimum absolute atomic E-state index is 0.0561. The van der Waals surface area contributed by atoms with Gasteiger partial charge in [-0.15, -0.1) is 6.58 Å². The predicted molar refractivity (Wildman–Crippen MR) is 74.2 cm³/mol. The second-order valence-corrected chi connectivity index (χ2v) is 7.37. The van der Waals surface area contributed by atoms with Crippen LogP contribution in [-0.4, -0.2) is 5.78 Å². The zero-order valence-corrected chi connectivity index (χ0v) is 11.2. The van der Waals surface area contributed by atoms with Crippen LogP contribution in [0.4, 0.5) is 0 Å². The van der Waals surface area contributed by atoms with Crippen LogP contribution in [0.25, 0.3) is 0 Å². The van der Waals surface area contributed by atoms with Gasteiger partial charge >= 0.3 is 0 Å². The largest absolute Gasteiger partial charge is 0.299 e. The molecule has 19 heavy (non-hydrogen) atoms. The van der Waals surface area contributed by atoms with Crippen LogP contribution in [0.1, 0.15) is 19.3 Å². The number of carbonyl (C=O) groups is 1. The Morgan fingerprint density at radius 2 is 1.95 bits per heavy atom. The molecule has 0 spiro atoms. The van der Waals surface area contributed by atoms with E-state index in [0.717, 1.165) is 6.42 Å². The highest BCUT2D eigenvalue weighted by Crippen LogP contribution is 2.72. The molecule has 0 aromatic carbocycles. The highest BCUT2D eigenvalue weighted by Gasteiger charge is 2.72. The molecular formula is C18H20O. The molecule has 1 heteroatoms. The van der Waals surface area contributed by atoms with Crippen LogP contribution >= 0.6 is 0 Å². The van der Waals surface area contributed by atoms with E-state index in [9.17, 15) is 4.79 Å². The summed E-state index contributed by atoms with van der Waals surface area (Å²) in [5, 5.41) is 0. The van der Waals surface area contributed by atoms with E-state index in [4.69, 9.17) is 0 Å². The summed E-state index contributed by atoms with van der Waals surface area (Å²) in [6.45, 7) is 3.95. The molecule has 0 saturated heterocycles. The van der Waals surface area contributed by atoms with Gasteiger partial charge in [0, 0.05) is 11.3 Å². The third kappa shape index (κ3) is 0.947. The SMILES string of the molecule is C=CC[C@@]12C(=O)[C@@H]3[C@H]([C@@H]1[C@H]1C=C[C@@H]2C1)[C@H]1C=C[C@@H]3C1. The monoisotopic (exact) mass is 252 g/mol. The fourth-order valence-electron chi connectivity index (χ4n) is 6.64. The zero-order valence-electron chi connectivity index (χ0n) is 11.2. The molecular weight excluding hydrogens is 232 g/mol. The molecule has 3 fully saturated rings. The molecule has 0 aliphatic heterocycles. The van der Waals surface area contributed by atoms with Crippen LogP contribution in [0.15, 0.2) is 37.0 Å². The van der Waals surface area contributed by atoms with Gasteiger partial charge in [0.2, 0.25) is 0 Å². The van der Waals surface area contributed by atoms with E-state index in [1.54, 1.807) is 0 Å². The van der Waals surface area contributed by atoms with Gasteiger partial charge < -0.3 is 0 Å². The van der Waals surface area contributed by atoms with Crippen molar-refractivity contribution in [3.8, 4) is 0 Å². The molecule has 0 amide bonds. The van der Waals surface area contributed by atoms with Gasteiger partial charge in [0.15, 0.2) is 0 Å². The second kappa shape index (κ2) is 3.13. The van der Waals surface area contributed by atoms with Crippen molar-refractivity contribution in [2.24, 2.45) is 46.8 Å². The Balaban J connectivity index is 1.70. The predicted octanol–water partition coefficient (Wildman–Crippen LogP) is 3.39. The van der Waals surface area contributed by atoms with Crippen LogP contribution in [0.2, 0.25) is 0 Å². The Kier molecular flexibility index (Phi) is 1.76. The van der Waals surface area contributed by atoms with E-state index in [2.05, 4.69) is 30.9 Å². The Labute approximate surface area is 114 Å². The minimum atomic E-state index is -0.0561. The molecule has 5 aliphatic carbocycles. The van der Waals surface area contributed by atoms with Gasteiger partial charge in [0.1, 0.15) is 5.78 Å². The number of hydrogen-bond acceptors (Lipinski definition) is 1. The molecule has 0 radical (unpaired) electrons. The van der Waals surface area contributed by atoms with Crippen molar-refractivity contribution in [3.63, 3.8) is 0 Å². The first-order chi connectivity index (χ1) is 9.27. The van der Waals surface area contributed by atoms with Crippen molar-refractivity contribution < 1.29 is 4.79 Å². The van der Waals surface area contributed by atoms with Gasteiger partial charge in [-0.05, 0) is 54.8 Å². The summed E-state index contributed by atoms with van der Waals surface area (Å²) in [6.07, 6.45) is 14.9. The summed E-state index contributed by atoms with van der Waals surface area (Å²) in [5.74, 6) is 4.69. The lowest BCUT2D eigenvalue weighted by Crippen LogP contribution is -2.38. The normalized spacial score (nSPS) is 58.9. The van der Waals surface area contributed by atoms with E-state index in [1.165, 1.54) is 12.8 Å². The van der Waals surface area contributed by atoms with Gasteiger partial charge in [0.25, 0.3) is 0 Å². The number of carbonyl (C=O) groups excluding carboxylic acids is 1. The maximum Gasteiger partial charge on any atom is 0.144 e. The second-order valence-electron chi connectivity index (χ2n) is 7.37. The number of allylic oxidation sites excluding steroid dienone is 5. The summed E-state index contributed by atoms with van der Waals surface area (Å²) >= 11 is 0.